The van der Waals surface area contributed by atoms with Crippen LogP contribution < -0.4 is 10.5 Å². The Morgan fingerprint density at radius 3 is 2.62 bits per heavy atom. The lowest BCUT2D eigenvalue weighted by atomic mass is 9.94. The van der Waals surface area contributed by atoms with E-state index in [1.54, 1.807) is 0 Å². The normalized spacial score (nSPS) is 19.0. The predicted octanol–water partition coefficient (Wildman–Crippen LogP) is 2.60. The molecule has 2 N–H and O–H groups in total. The van der Waals surface area contributed by atoms with Gasteiger partial charge in [-0.2, -0.15) is 0 Å². The molecular formula is C13H20N2O. The van der Waals surface area contributed by atoms with Crippen LogP contribution in [0.2, 0.25) is 0 Å². The van der Waals surface area contributed by atoms with E-state index < -0.39 is 0 Å². The van der Waals surface area contributed by atoms with E-state index in [-0.39, 0.29) is 11.6 Å². The Morgan fingerprint density at radius 1 is 1.31 bits per heavy atom. The molecule has 1 aliphatic carbocycles. The minimum Gasteiger partial charge on any atom is -0.475 e. The monoisotopic (exact) mass is 220 g/mol. The van der Waals surface area contributed by atoms with E-state index in [0.717, 1.165) is 18.5 Å². The molecule has 1 aliphatic rings. The van der Waals surface area contributed by atoms with Crippen molar-refractivity contribution in [3.8, 4) is 5.88 Å². The van der Waals surface area contributed by atoms with Crippen LogP contribution in [0.5, 0.6) is 5.88 Å². The van der Waals surface area contributed by atoms with E-state index in [0.29, 0.717) is 5.88 Å². The van der Waals surface area contributed by atoms with E-state index in [1.807, 2.05) is 32.0 Å². The molecule has 1 saturated carbocycles. The molecule has 1 aromatic rings. The average molecular weight is 220 g/mol. The highest BCUT2D eigenvalue weighted by atomic mass is 16.5. The smallest absolute Gasteiger partial charge is 0.213 e. The van der Waals surface area contributed by atoms with Crippen molar-refractivity contribution in [2.75, 3.05) is 0 Å². The molecule has 1 fully saturated rings. The summed E-state index contributed by atoms with van der Waals surface area (Å²) in [4.78, 5) is 4.52. The Kier molecular flexibility index (Phi) is 3.15. The molecule has 0 amide bonds. The summed E-state index contributed by atoms with van der Waals surface area (Å²) >= 11 is 0. The minimum atomic E-state index is -0.226. The first-order valence-electron chi connectivity index (χ1n) is 6.03. The molecule has 0 radical (unpaired) electrons. The van der Waals surface area contributed by atoms with Gasteiger partial charge in [-0.1, -0.05) is 18.9 Å². The molecule has 0 spiro atoms. The van der Waals surface area contributed by atoms with Crippen LogP contribution >= 0.6 is 0 Å². The SMILES string of the molecule is CC(C)Oc1cccc(C2(N)CCCC2)n1. The minimum absolute atomic E-state index is 0.153. The molecule has 3 nitrogen and oxygen atoms in total. The van der Waals surface area contributed by atoms with E-state index in [9.17, 15) is 0 Å². The van der Waals surface area contributed by atoms with Crippen LogP contribution in [-0.2, 0) is 5.54 Å². The van der Waals surface area contributed by atoms with Crippen molar-refractivity contribution in [2.24, 2.45) is 5.73 Å². The summed E-state index contributed by atoms with van der Waals surface area (Å²) in [6.07, 6.45) is 4.62. The third-order valence-corrected chi connectivity index (χ3v) is 3.09. The maximum Gasteiger partial charge on any atom is 0.213 e. The Morgan fingerprint density at radius 2 is 2.00 bits per heavy atom. The van der Waals surface area contributed by atoms with Gasteiger partial charge < -0.3 is 10.5 Å². The zero-order valence-electron chi connectivity index (χ0n) is 10.1. The summed E-state index contributed by atoms with van der Waals surface area (Å²) in [5.41, 5.74) is 7.11. The van der Waals surface area contributed by atoms with Crippen molar-refractivity contribution in [3.05, 3.63) is 23.9 Å². The lowest BCUT2D eigenvalue weighted by Crippen LogP contribution is -2.34. The van der Waals surface area contributed by atoms with Gasteiger partial charge in [0.1, 0.15) is 0 Å². The van der Waals surface area contributed by atoms with Crippen LogP contribution in [0.25, 0.3) is 0 Å². The van der Waals surface area contributed by atoms with Gasteiger partial charge in [-0.3, -0.25) is 0 Å². The van der Waals surface area contributed by atoms with Crippen molar-refractivity contribution in [2.45, 2.75) is 51.2 Å². The second kappa shape index (κ2) is 4.42. The molecule has 3 heteroatoms. The van der Waals surface area contributed by atoms with Gasteiger partial charge in [-0.05, 0) is 32.8 Å². The molecule has 0 bridgehead atoms. The largest absolute Gasteiger partial charge is 0.475 e. The Labute approximate surface area is 97.0 Å². The molecule has 0 unspecified atom stereocenters. The van der Waals surface area contributed by atoms with Gasteiger partial charge >= 0.3 is 0 Å². The highest BCUT2D eigenvalue weighted by Gasteiger charge is 2.32. The first-order valence-corrected chi connectivity index (χ1v) is 6.03. The maximum absolute atomic E-state index is 6.36. The van der Waals surface area contributed by atoms with Gasteiger partial charge in [0.15, 0.2) is 0 Å². The third kappa shape index (κ3) is 2.35. The fraction of sp³-hybridized carbons (Fsp3) is 0.615. The zero-order chi connectivity index (χ0) is 11.6. The van der Waals surface area contributed by atoms with Crippen molar-refractivity contribution in [3.63, 3.8) is 0 Å². The van der Waals surface area contributed by atoms with Crippen LogP contribution in [-0.4, -0.2) is 11.1 Å². The first-order chi connectivity index (χ1) is 7.60. The highest BCUT2D eigenvalue weighted by Crippen LogP contribution is 2.35. The summed E-state index contributed by atoms with van der Waals surface area (Å²) in [7, 11) is 0. The van der Waals surface area contributed by atoms with Gasteiger partial charge in [0.05, 0.1) is 17.3 Å². The zero-order valence-corrected chi connectivity index (χ0v) is 10.1. The second-order valence-electron chi connectivity index (χ2n) is 4.89. The maximum atomic E-state index is 6.36. The summed E-state index contributed by atoms with van der Waals surface area (Å²) < 4.78 is 5.59. The first kappa shape index (κ1) is 11.4. The number of ether oxygens (including phenoxy) is 1. The average Bonchev–Trinajstić information content (AvgIpc) is 2.66. The summed E-state index contributed by atoms with van der Waals surface area (Å²) in [5.74, 6) is 0.684. The number of aromatic nitrogens is 1. The quantitative estimate of drug-likeness (QED) is 0.851. The number of nitrogens with two attached hydrogens (primary N) is 1. The van der Waals surface area contributed by atoms with Crippen LogP contribution in [0.15, 0.2) is 18.2 Å². The van der Waals surface area contributed by atoms with Crippen LogP contribution in [0.3, 0.4) is 0 Å². The highest BCUT2D eigenvalue weighted by molar-refractivity contribution is 5.22. The number of rotatable bonds is 3. The third-order valence-electron chi connectivity index (χ3n) is 3.09. The fourth-order valence-corrected chi connectivity index (χ4v) is 2.26. The van der Waals surface area contributed by atoms with Gasteiger partial charge in [-0.25, -0.2) is 4.98 Å². The molecule has 1 aromatic heterocycles. The number of hydrogen-bond donors (Lipinski definition) is 1. The van der Waals surface area contributed by atoms with E-state index in [2.05, 4.69) is 4.98 Å². The van der Waals surface area contributed by atoms with Crippen molar-refractivity contribution < 1.29 is 4.74 Å². The standard InChI is InChI=1S/C13H20N2O/c1-10(2)16-12-7-5-6-11(15-12)13(14)8-3-4-9-13/h5-7,10H,3-4,8-9,14H2,1-2H3. The Balaban J connectivity index is 2.21. The number of nitrogens with zero attached hydrogens (tertiary/aromatic N) is 1. The van der Waals surface area contributed by atoms with Gasteiger partial charge in [0, 0.05) is 6.07 Å². The Hall–Kier alpha value is -1.09. The molecule has 0 aliphatic heterocycles. The van der Waals surface area contributed by atoms with Crippen molar-refractivity contribution in [1.82, 2.24) is 4.98 Å². The van der Waals surface area contributed by atoms with E-state index >= 15 is 0 Å². The van der Waals surface area contributed by atoms with Gasteiger partial charge in [0.25, 0.3) is 0 Å². The molecule has 88 valence electrons. The van der Waals surface area contributed by atoms with Gasteiger partial charge in [-0.15, -0.1) is 0 Å². The molecule has 0 saturated heterocycles. The van der Waals surface area contributed by atoms with Crippen molar-refractivity contribution in [1.29, 1.82) is 0 Å². The topological polar surface area (TPSA) is 48.1 Å². The molecule has 2 rings (SSSR count). The summed E-state index contributed by atoms with van der Waals surface area (Å²) in [6, 6.07) is 5.88. The van der Waals surface area contributed by atoms with Gasteiger partial charge in [0.2, 0.25) is 5.88 Å². The van der Waals surface area contributed by atoms with Crippen LogP contribution in [0, 0.1) is 0 Å². The summed E-state index contributed by atoms with van der Waals surface area (Å²) in [6.45, 7) is 4.00. The van der Waals surface area contributed by atoms with E-state index in [4.69, 9.17) is 10.5 Å². The lowest BCUT2D eigenvalue weighted by molar-refractivity contribution is 0.230. The fourth-order valence-electron chi connectivity index (χ4n) is 2.26. The molecular weight excluding hydrogens is 200 g/mol. The summed E-state index contributed by atoms with van der Waals surface area (Å²) in [5, 5.41) is 0. The number of hydrogen-bond acceptors (Lipinski definition) is 3. The van der Waals surface area contributed by atoms with Crippen LogP contribution in [0.4, 0.5) is 0 Å². The molecule has 16 heavy (non-hydrogen) atoms. The number of pyridine rings is 1. The van der Waals surface area contributed by atoms with Crippen LogP contribution in [0.1, 0.15) is 45.2 Å². The molecule has 0 aromatic carbocycles. The van der Waals surface area contributed by atoms with Crippen molar-refractivity contribution >= 4 is 0 Å². The van der Waals surface area contributed by atoms with E-state index in [1.165, 1.54) is 12.8 Å². The Bertz CT molecular complexity index is 357. The predicted molar refractivity (Wildman–Crippen MR) is 64.3 cm³/mol. The second-order valence-corrected chi connectivity index (χ2v) is 4.89. The molecule has 0 atom stereocenters. The molecule has 1 heterocycles. The lowest BCUT2D eigenvalue weighted by Gasteiger charge is -2.23.